The summed E-state index contributed by atoms with van der Waals surface area (Å²) in [6.07, 6.45) is 2.37. The molecule has 0 atom stereocenters. The summed E-state index contributed by atoms with van der Waals surface area (Å²) in [5.74, 6) is 0.595. The molecule has 0 aliphatic rings. The minimum atomic E-state index is -1.03. The number of hydrogen-bond donors (Lipinski definition) is 1. The van der Waals surface area contributed by atoms with Gasteiger partial charge in [-0.25, -0.2) is 19.5 Å². The third-order valence-electron chi connectivity index (χ3n) is 3.03. The van der Waals surface area contributed by atoms with Gasteiger partial charge in [0, 0.05) is 7.05 Å². The minimum Gasteiger partial charge on any atom is -0.464 e. The van der Waals surface area contributed by atoms with Crippen LogP contribution < -0.4 is 5.01 Å². The largest absolute Gasteiger partial charge is 0.464 e. The third-order valence-corrected chi connectivity index (χ3v) is 3.97. The van der Waals surface area contributed by atoms with Crippen LogP contribution in [0.15, 0.2) is 17.0 Å². The summed E-state index contributed by atoms with van der Waals surface area (Å²) >= 11 is 3.45. The molecule has 1 N–H and O–H groups in total. The summed E-state index contributed by atoms with van der Waals surface area (Å²) in [6.45, 7) is 7.27. The molecule has 0 bridgehead atoms. The lowest BCUT2D eigenvalue weighted by Gasteiger charge is -2.33. The summed E-state index contributed by atoms with van der Waals surface area (Å²) in [5, 5.41) is 14.9. The number of imidazole rings is 1. The molecule has 21 heavy (non-hydrogen) atoms. The number of carbonyl (C=O) groups is 1. The van der Waals surface area contributed by atoms with E-state index in [2.05, 4.69) is 26.0 Å². The molecule has 0 saturated carbocycles. The number of aryl methyl sites for hydroxylation is 2. The van der Waals surface area contributed by atoms with E-state index in [1.54, 1.807) is 28.7 Å². The molecule has 2 heterocycles. The highest BCUT2D eigenvalue weighted by Gasteiger charge is 2.30. The van der Waals surface area contributed by atoms with Crippen LogP contribution >= 0.6 is 15.9 Å². The zero-order chi connectivity index (χ0) is 15.9. The van der Waals surface area contributed by atoms with E-state index in [0.717, 1.165) is 10.2 Å². The molecular weight excluding hydrogens is 338 g/mol. The summed E-state index contributed by atoms with van der Waals surface area (Å²) in [7, 11) is 1.82. The highest BCUT2D eigenvalue weighted by molar-refractivity contribution is 9.10. The minimum absolute atomic E-state index is 0.583. The molecule has 2 rings (SSSR count). The maximum absolute atomic E-state index is 11.6. The standard InChI is InChI=1S/C13H18BrN5O2/c1-8-16-10(9-6-15-17(5)11(9)14)7-18(8)19(12(20)21)13(2,3)4/h6-7H,1-5H3,(H,20,21). The molecule has 0 aromatic carbocycles. The zero-order valence-corrected chi connectivity index (χ0v) is 14.2. The Morgan fingerprint density at radius 1 is 1.43 bits per heavy atom. The Morgan fingerprint density at radius 3 is 2.48 bits per heavy atom. The Bertz CT molecular complexity index is 683. The average Bonchev–Trinajstić information content (AvgIpc) is 2.83. The van der Waals surface area contributed by atoms with E-state index >= 15 is 0 Å². The van der Waals surface area contributed by atoms with Crippen LogP contribution in [0.2, 0.25) is 0 Å². The van der Waals surface area contributed by atoms with Gasteiger partial charge in [-0.05, 0) is 43.6 Å². The van der Waals surface area contributed by atoms with E-state index in [4.69, 9.17) is 0 Å². The quantitative estimate of drug-likeness (QED) is 0.898. The van der Waals surface area contributed by atoms with E-state index in [-0.39, 0.29) is 0 Å². The van der Waals surface area contributed by atoms with Gasteiger partial charge in [-0.1, -0.05) is 0 Å². The van der Waals surface area contributed by atoms with Crippen LogP contribution in [0.1, 0.15) is 26.6 Å². The van der Waals surface area contributed by atoms with E-state index in [9.17, 15) is 9.90 Å². The molecule has 2 aromatic rings. The van der Waals surface area contributed by atoms with Crippen molar-refractivity contribution in [1.82, 2.24) is 19.4 Å². The SMILES string of the molecule is Cc1nc(-c2cnn(C)c2Br)cn1N(C(=O)O)C(C)(C)C. The molecule has 1 amide bonds. The molecule has 0 radical (unpaired) electrons. The first-order valence-corrected chi connectivity index (χ1v) is 7.19. The zero-order valence-electron chi connectivity index (χ0n) is 12.6. The van der Waals surface area contributed by atoms with Crippen LogP contribution in [0.4, 0.5) is 4.79 Å². The van der Waals surface area contributed by atoms with Crippen molar-refractivity contribution in [3.63, 3.8) is 0 Å². The lowest BCUT2D eigenvalue weighted by atomic mass is 10.1. The predicted octanol–water partition coefficient (Wildman–Crippen LogP) is 2.77. The van der Waals surface area contributed by atoms with Crippen molar-refractivity contribution in [3.8, 4) is 11.3 Å². The van der Waals surface area contributed by atoms with Gasteiger partial charge in [-0.2, -0.15) is 5.10 Å². The normalized spacial score (nSPS) is 11.7. The summed E-state index contributed by atoms with van der Waals surface area (Å²) in [6, 6.07) is 0. The van der Waals surface area contributed by atoms with E-state index in [1.807, 2.05) is 27.8 Å². The number of carboxylic acid groups (broad SMARTS) is 1. The van der Waals surface area contributed by atoms with Crippen molar-refractivity contribution in [2.45, 2.75) is 33.2 Å². The van der Waals surface area contributed by atoms with Crippen molar-refractivity contribution < 1.29 is 9.90 Å². The Morgan fingerprint density at radius 2 is 2.05 bits per heavy atom. The van der Waals surface area contributed by atoms with Crippen molar-refractivity contribution in [2.24, 2.45) is 7.05 Å². The van der Waals surface area contributed by atoms with Gasteiger partial charge in [0.25, 0.3) is 0 Å². The van der Waals surface area contributed by atoms with Crippen LogP contribution in [0, 0.1) is 6.92 Å². The maximum atomic E-state index is 11.6. The van der Waals surface area contributed by atoms with Crippen LogP contribution in [-0.4, -0.2) is 36.2 Å². The first kappa shape index (κ1) is 15.6. The second-order valence-electron chi connectivity index (χ2n) is 5.76. The molecule has 2 aromatic heterocycles. The molecule has 0 fully saturated rings. The molecule has 0 saturated heterocycles. The van der Waals surface area contributed by atoms with Gasteiger partial charge >= 0.3 is 6.09 Å². The molecule has 0 aliphatic heterocycles. The molecule has 7 nitrogen and oxygen atoms in total. The van der Waals surface area contributed by atoms with Crippen molar-refractivity contribution in [2.75, 3.05) is 5.01 Å². The van der Waals surface area contributed by atoms with Crippen molar-refractivity contribution >= 4 is 22.0 Å². The lowest BCUT2D eigenvalue weighted by molar-refractivity contribution is 0.184. The highest BCUT2D eigenvalue weighted by Crippen LogP contribution is 2.27. The van der Waals surface area contributed by atoms with Gasteiger partial charge in [0.05, 0.1) is 29.2 Å². The first-order valence-electron chi connectivity index (χ1n) is 6.40. The number of amides is 1. The first-order chi connectivity index (χ1) is 9.62. The Hall–Kier alpha value is -1.83. The van der Waals surface area contributed by atoms with E-state index in [0.29, 0.717) is 11.5 Å². The van der Waals surface area contributed by atoms with Crippen molar-refractivity contribution in [1.29, 1.82) is 0 Å². The third kappa shape index (κ3) is 2.80. The molecule has 0 spiro atoms. The topological polar surface area (TPSA) is 76.2 Å². The van der Waals surface area contributed by atoms with Gasteiger partial charge in [0.2, 0.25) is 0 Å². The number of halogens is 1. The molecule has 0 aliphatic carbocycles. The van der Waals surface area contributed by atoms with Gasteiger partial charge in [-0.15, -0.1) is 0 Å². The molecule has 0 unspecified atom stereocenters. The van der Waals surface area contributed by atoms with Gasteiger partial charge in [0.1, 0.15) is 10.4 Å². The number of hydrogen-bond acceptors (Lipinski definition) is 3. The average molecular weight is 356 g/mol. The monoisotopic (exact) mass is 355 g/mol. The van der Waals surface area contributed by atoms with Gasteiger partial charge in [-0.3, -0.25) is 4.68 Å². The smallest absolute Gasteiger partial charge is 0.427 e. The van der Waals surface area contributed by atoms with Crippen molar-refractivity contribution in [3.05, 3.63) is 22.8 Å². The second-order valence-corrected chi connectivity index (χ2v) is 6.51. The Labute approximate surface area is 131 Å². The van der Waals surface area contributed by atoms with Crippen LogP contribution in [0.3, 0.4) is 0 Å². The summed E-state index contributed by atoms with van der Waals surface area (Å²) < 4.78 is 4.03. The summed E-state index contributed by atoms with van der Waals surface area (Å²) in [4.78, 5) is 16.0. The summed E-state index contributed by atoms with van der Waals surface area (Å²) in [5.41, 5.74) is 0.905. The van der Waals surface area contributed by atoms with Gasteiger partial charge in [0.15, 0.2) is 0 Å². The second kappa shape index (κ2) is 5.18. The highest BCUT2D eigenvalue weighted by atomic mass is 79.9. The Balaban J connectivity index is 2.53. The number of nitrogens with zero attached hydrogens (tertiary/aromatic N) is 5. The number of aromatic nitrogens is 4. The molecule has 8 heteroatoms. The fraction of sp³-hybridized carbons (Fsp3) is 0.462. The predicted molar refractivity (Wildman–Crippen MR) is 82.9 cm³/mol. The van der Waals surface area contributed by atoms with Crippen LogP contribution in [0.5, 0.6) is 0 Å². The fourth-order valence-electron chi connectivity index (χ4n) is 2.09. The molecular formula is C13H18BrN5O2. The van der Waals surface area contributed by atoms with Gasteiger partial charge < -0.3 is 5.11 Å². The Kier molecular flexibility index (Phi) is 3.83. The van der Waals surface area contributed by atoms with Crippen LogP contribution in [-0.2, 0) is 7.05 Å². The van der Waals surface area contributed by atoms with E-state index < -0.39 is 11.6 Å². The van der Waals surface area contributed by atoms with Crippen LogP contribution in [0.25, 0.3) is 11.3 Å². The maximum Gasteiger partial charge on any atom is 0.427 e. The lowest BCUT2D eigenvalue weighted by Crippen LogP contribution is -2.52. The number of rotatable bonds is 2. The van der Waals surface area contributed by atoms with E-state index in [1.165, 1.54) is 5.01 Å². The fourth-order valence-corrected chi connectivity index (χ4v) is 2.49. The molecule has 114 valence electrons.